The molecule has 134 valence electrons. The lowest BCUT2D eigenvalue weighted by Crippen LogP contribution is -2.42. The second-order valence-corrected chi connectivity index (χ2v) is 6.33. The summed E-state index contributed by atoms with van der Waals surface area (Å²) in [5.41, 5.74) is 1.96. The number of nitrogens with zero attached hydrogens (tertiary/aromatic N) is 1. The minimum atomic E-state index is -0.732. The van der Waals surface area contributed by atoms with E-state index in [1.807, 2.05) is 30.3 Å². The molecule has 0 bridgehead atoms. The normalized spacial score (nSPS) is 16.1. The van der Waals surface area contributed by atoms with Crippen molar-refractivity contribution in [3.8, 4) is 0 Å². The lowest BCUT2D eigenvalue weighted by atomic mass is 10.1. The zero-order valence-corrected chi connectivity index (χ0v) is 14.6. The summed E-state index contributed by atoms with van der Waals surface area (Å²) in [6.45, 7) is 0.508. The molecule has 0 spiro atoms. The number of rotatable bonds is 5. The average molecular weight is 351 g/mol. The van der Waals surface area contributed by atoms with Crippen LogP contribution in [0.1, 0.15) is 28.8 Å². The van der Waals surface area contributed by atoms with E-state index in [-0.39, 0.29) is 30.6 Å². The second-order valence-electron chi connectivity index (χ2n) is 6.33. The van der Waals surface area contributed by atoms with Crippen LogP contribution >= 0.6 is 0 Å². The van der Waals surface area contributed by atoms with Crippen LogP contribution in [0.4, 0.5) is 5.69 Å². The highest BCUT2D eigenvalue weighted by atomic mass is 16.2. The van der Waals surface area contributed by atoms with Crippen LogP contribution in [0, 0.1) is 0 Å². The van der Waals surface area contributed by atoms with Crippen molar-refractivity contribution in [2.24, 2.45) is 0 Å². The van der Waals surface area contributed by atoms with Gasteiger partial charge in [-0.1, -0.05) is 42.5 Å². The van der Waals surface area contributed by atoms with E-state index in [0.29, 0.717) is 17.8 Å². The summed E-state index contributed by atoms with van der Waals surface area (Å²) in [5, 5.41) is 5.46. The number of amides is 3. The maximum absolute atomic E-state index is 12.4. The lowest BCUT2D eigenvalue weighted by molar-refractivity contribution is -0.130. The Kier molecular flexibility index (Phi) is 5.31. The van der Waals surface area contributed by atoms with Gasteiger partial charge in [-0.15, -0.1) is 0 Å². The molecule has 0 fully saturated rings. The number of fused-ring (bicyclic) bond motifs is 1. The van der Waals surface area contributed by atoms with E-state index in [0.717, 1.165) is 5.56 Å². The Morgan fingerprint density at radius 3 is 2.50 bits per heavy atom. The van der Waals surface area contributed by atoms with E-state index >= 15 is 0 Å². The quantitative estimate of drug-likeness (QED) is 0.867. The van der Waals surface area contributed by atoms with Gasteiger partial charge in [0.25, 0.3) is 5.91 Å². The molecule has 3 amide bonds. The molecule has 0 unspecified atom stereocenters. The largest absolute Gasteiger partial charge is 0.341 e. The fraction of sp³-hybridized carbons (Fsp3) is 0.250. The molecule has 2 aromatic carbocycles. The molecule has 1 aliphatic heterocycles. The SMILES string of the molecule is CN(Cc1ccccc1)C(=O)CC[C@H]1NC(=O)c2ccccc2NC1=O. The fourth-order valence-electron chi connectivity index (χ4n) is 2.92. The zero-order chi connectivity index (χ0) is 18.5. The summed E-state index contributed by atoms with van der Waals surface area (Å²) in [6.07, 6.45) is 0.432. The minimum absolute atomic E-state index is 0.0716. The molecule has 6 heteroatoms. The van der Waals surface area contributed by atoms with E-state index in [4.69, 9.17) is 0 Å². The fourth-order valence-corrected chi connectivity index (χ4v) is 2.92. The standard InChI is InChI=1S/C20H21N3O3/c1-23(13-14-7-3-2-4-8-14)18(24)12-11-17-20(26)21-16-10-6-5-9-15(16)19(25)22-17/h2-10,17H,11-13H2,1H3,(H,21,26)(H,22,25)/t17-/m1/s1. The van der Waals surface area contributed by atoms with E-state index in [2.05, 4.69) is 10.6 Å². The third kappa shape index (κ3) is 4.08. The number of hydrogen-bond donors (Lipinski definition) is 2. The smallest absolute Gasteiger partial charge is 0.254 e. The summed E-state index contributed by atoms with van der Waals surface area (Å²) in [7, 11) is 1.73. The Balaban J connectivity index is 1.58. The van der Waals surface area contributed by atoms with Crippen molar-refractivity contribution in [2.45, 2.75) is 25.4 Å². The van der Waals surface area contributed by atoms with Gasteiger partial charge in [0.2, 0.25) is 11.8 Å². The topological polar surface area (TPSA) is 78.5 Å². The Labute approximate surface area is 152 Å². The van der Waals surface area contributed by atoms with Crippen molar-refractivity contribution in [3.05, 3.63) is 65.7 Å². The van der Waals surface area contributed by atoms with Gasteiger partial charge in [-0.05, 0) is 24.1 Å². The van der Waals surface area contributed by atoms with Crippen LogP contribution in [0.15, 0.2) is 54.6 Å². The van der Waals surface area contributed by atoms with Gasteiger partial charge < -0.3 is 15.5 Å². The van der Waals surface area contributed by atoms with Gasteiger partial charge in [0.15, 0.2) is 0 Å². The molecule has 0 aliphatic carbocycles. The van der Waals surface area contributed by atoms with E-state index < -0.39 is 6.04 Å². The molecule has 0 aromatic heterocycles. The van der Waals surface area contributed by atoms with Gasteiger partial charge in [0, 0.05) is 20.0 Å². The van der Waals surface area contributed by atoms with Crippen LogP contribution in [-0.2, 0) is 16.1 Å². The van der Waals surface area contributed by atoms with Crippen molar-refractivity contribution in [1.29, 1.82) is 0 Å². The first-order valence-electron chi connectivity index (χ1n) is 8.53. The van der Waals surface area contributed by atoms with Crippen LogP contribution in [0.3, 0.4) is 0 Å². The molecule has 1 aliphatic rings. The average Bonchev–Trinajstić information content (AvgIpc) is 2.77. The van der Waals surface area contributed by atoms with Crippen LogP contribution in [0.5, 0.6) is 0 Å². The second kappa shape index (κ2) is 7.82. The molecular formula is C20H21N3O3. The van der Waals surface area contributed by atoms with Crippen LogP contribution in [0.2, 0.25) is 0 Å². The molecule has 3 rings (SSSR count). The van der Waals surface area contributed by atoms with Gasteiger partial charge in [-0.3, -0.25) is 14.4 Å². The van der Waals surface area contributed by atoms with E-state index in [1.54, 1.807) is 36.2 Å². The van der Waals surface area contributed by atoms with Crippen LogP contribution in [-0.4, -0.2) is 35.7 Å². The number of anilines is 1. The van der Waals surface area contributed by atoms with Crippen LogP contribution in [0.25, 0.3) is 0 Å². The molecule has 0 radical (unpaired) electrons. The summed E-state index contributed by atoms with van der Waals surface area (Å²) in [5.74, 6) is -0.687. The highest BCUT2D eigenvalue weighted by molar-refractivity contribution is 6.09. The number of para-hydroxylation sites is 1. The maximum atomic E-state index is 12.4. The molecule has 0 saturated heterocycles. The highest BCUT2D eigenvalue weighted by Crippen LogP contribution is 2.19. The third-order valence-corrected chi connectivity index (χ3v) is 4.39. The van der Waals surface area contributed by atoms with Crippen molar-refractivity contribution in [2.75, 3.05) is 12.4 Å². The number of hydrogen-bond acceptors (Lipinski definition) is 3. The molecule has 2 aromatic rings. The number of carbonyl (C=O) groups is 3. The molecule has 6 nitrogen and oxygen atoms in total. The highest BCUT2D eigenvalue weighted by Gasteiger charge is 2.28. The molecule has 1 heterocycles. The van der Waals surface area contributed by atoms with Crippen molar-refractivity contribution < 1.29 is 14.4 Å². The predicted molar refractivity (Wildman–Crippen MR) is 98.5 cm³/mol. The number of carbonyl (C=O) groups excluding carboxylic acids is 3. The molecule has 26 heavy (non-hydrogen) atoms. The van der Waals surface area contributed by atoms with E-state index in [1.165, 1.54) is 0 Å². The van der Waals surface area contributed by atoms with Gasteiger partial charge >= 0.3 is 0 Å². The van der Waals surface area contributed by atoms with Crippen molar-refractivity contribution in [3.63, 3.8) is 0 Å². The Morgan fingerprint density at radius 2 is 1.73 bits per heavy atom. The summed E-state index contributed by atoms with van der Waals surface area (Å²) in [4.78, 5) is 38.6. The van der Waals surface area contributed by atoms with Crippen molar-refractivity contribution >= 4 is 23.4 Å². The van der Waals surface area contributed by atoms with Crippen LogP contribution < -0.4 is 10.6 Å². The summed E-state index contributed by atoms with van der Waals surface area (Å²) >= 11 is 0. The van der Waals surface area contributed by atoms with Crippen molar-refractivity contribution in [1.82, 2.24) is 10.2 Å². The van der Waals surface area contributed by atoms with Gasteiger partial charge in [-0.2, -0.15) is 0 Å². The third-order valence-electron chi connectivity index (χ3n) is 4.39. The Bertz CT molecular complexity index is 820. The molecule has 2 N–H and O–H groups in total. The molecular weight excluding hydrogens is 330 g/mol. The monoisotopic (exact) mass is 351 g/mol. The first kappa shape index (κ1) is 17.7. The molecule has 1 atom stereocenters. The summed E-state index contributed by atoms with van der Waals surface area (Å²) < 4.78 is 0. The Morgan fingerprint density at radius 1 is 1.04 bits per heavy atom. The first-order chi connectivity index (χ1) is 12.5. The summed E-state index contributed by atoms with van der Waals surface area (Å²) in [6, 6.07) is 15.8. The minimum Gasteiger partial charge on any atom is -0.341 e. The predicted octanol–water partition coefficient (Wildman–Crippen LogP) is 2.18. The zero-order valence-electron chi connectivity index (χ0n) is 14.6. The van der Waals surface area contributed by atoms with E-state index in [9.17, 15) is 14.4 Å². The lowest BCUT2D eigenvalue weighted by Gasteiger charge is -2.19. The van der Waals surface area contributed by atoms with Gasteiger partial charge in [0.1, 0.15) is 6.04 Å². The van der Waals surface area contributed by atoms with Gasteiger partial charge in [0.05, 0.1) is 11.3 Å². The number of nitrogens with one attached hydrogen (secondary N) is 2. The Hall–Kier alpha value is -3.15. The molecule has 0 saturated carbocycles. The van der Waals surface area contributed by atoms with Gasteiger partial charge in [-0.25, -0.2) is 0 Å². The first-order valence-corrected chi connectivity index (χ1v) is 8.53. The number of benzene rings is 2. The maximum Gasteiger partial charge on any atom is 0.254 e.